The first kappa shape index (κ1) is 29.5. The number of aromatic nitrogens is 2. The van der Waals surface area contributed by atoms with E-state index in [-0.39, 0.29) is 18.1 Å². The van der Waals surface area contributed by atoms with Gasteiger partial charge in [0, 0.05) is 57.4 Å². The zero-order chi connectivity index (χ0) is 29.4. The number of hydrogen-bond acceptors (Lipinski definition) is 8. The molecule has 2 aromatic rings. The number of anilines is 1. The highest BCUT2D eigenvalue weighted by Gasteiger charge is 2.44. The molecular formula is C31H44N6O4S. The van der Waals surface area contributed by atoms with Crippen LogP contribution in [-0.4, -0.2) is 103 Å². The molecule has 6 rings (SSSR count). The highest BCUT2D eigenvalue weighted by molar-refractivity contribution is 7.88. The van der Waals surface area contributed by atoms with Crippen molar-refractivity contribution in [2.24, 2.45) is 11.8 Å². The van der Waals surface area contributed by atoms with Crippen molar-refractivity contribution in [1.82, 2.24) is 24.1 Å². The Hall–Kier alpha value is -2.60. The minimum atomic E-state index is -3.11. The average Bonchev–Trinajstić information content (AvgIpc) is 3.57. The van der Waals surface area contributed by atoms with E-state index in [1.165, 1.54) is 23.7 Å². The summed E-state index contributed by atoms with van der Waals surface area (Å²) < 4.78 is 32.0. The first-order valence-electron chi connectivity index (χ1n) is 15.4. The molecule has 4 unspecified atom stereocenters. The number of sulfonamides is 1. The molecule has 4 atom stereocenters. The molecule has 0 aliphatic carbocycles. The van der Waals surface area contributed by atoms with Gasteiger partial charge in [-0.1, -0.05) is 29.8 Å². The van der Waals surface area contributed by atoms with E-state index in [1.807, 2.05) is 11.8 Å². The quantitative estimate of drug-likeness (QED) is 0.519. The molecule has 1 amide bonds. The maximum absolute atomic E-state index is 13.5. The first-order valence-corrected chi connectivity index (χ1v) is 17.3. The van der Waals surface area contributed by atoms with Crippen molar-refractivity contribution in [2.45, 2.75) is 64.2 Å². The molecule has 10 nitrogen and oxygen atoms in total. The lowest BCUT2D eigenvalue weighted by Crippen LogP contribution is -2.47. The maximum Gasteiger partial charge on any atom is 0.272 e. The van der Waals surface area contributed by atoms with Gasteiger partial charge in [0.15, 0.2) is 0 Å². The Kier molecular flexibility index (Phi) is 8.55. The third-order valence-electron chi connectivity index (χ3n) is 9.80. The van der Waals surface area contributed by atoms with Crippen molar-refractivity contribution in [3.8, 4) is 0 Å². The Labute approximate surface area is 249 Å². The first-order chi connectivity index (χ1) is 20.2. The third kappa shape index (κ3) is 6.34. The van der Waals surface area contributed by atoms with Gasteiger partial charge in [0.1, 0.15) is 17.8 Å². The summed E-state index contributed by atoms with van der Waals surface area (Å²) in [6.45, 7) is 9.24. The summed E-state index contributed by atoms with van der Waals surface area (Å²) in [5, 5.41) is 3.44. The van der Waals surface area contributed by atoms with Crippen LogP contribution >= 0.6 is 0 Å². The normalized spacial score (nSPS) is 27.7. The van der Waals surface area contributed by atoms with Crippen molar-refractivity contribution < 1.29 is 17.9 Å². The Morgan fingerprint density at radius 1 is 0.976 bits per heavy atom. The molecule has 11 heteroatoms. The molecule has 4 aliphatic rings. The van der Waals surface area contributed by atoms with Gasteiger partial charge in [0.05, 0.1) is 18.5 Å². The summed E-state index contributed by atoms with van der Waals surface area (Å²) in [4.78, 5) is 26.8. The molecule has 1 aromatic carbocycles. The summed E-state index contributed by atoms with van der Waals surface area (Å²) in [6.07, 6.45) is 7.98. The fourth-order valence-corrected chi connectivity index (χ4v) is 8.19. The second-order valence-corrected chi connectivity index (χ2v) is 14.7. The molecule has 4 saturated heterocycles. The SMILES string of the molecule is Cc1ccc(C2CCCC(CNc3ncnc(C(=O)N4CCC(N5CC6CN(S(C)(=O)=O)CC6C5)CC4)c3C)O2)cc1. The van der Waals surface area contributed by atoms with Gasteiger partial charge < -0.3 is 15.0 Å². The van der Waals surface area contributed by atoms with Gasteiger partial charge in [-0.25, -0.2) is 22.7 Å². The minimum absolute atomic E-state index is 0.0353. The van der Waals surface area contributed by atoms with Crippen LogP contribution in [0, 0.1) is 25.7 Å². The lowest BCUT2D eigenvalue weighted by atomic mass is 9.97. The van der Waals surface area contributed by atoms with E-state index in [4.69, 9.17) is 4.74 Å². The molecule has 0 radical (unpaired) electrons. The lowest BCUT2D eigenvalue weighted by molar-refractivity contribution is -0.0442. The molecule has 228 valence electrons. The van der Waals surface area contributed by atoms with E-state index in [0.717, 1.165) is 50.8 Å². The van der Waals surface area contributed by atoms with E-state index in [1.54, 1.807) is 4.31 Å². The van der Waals surface area contributed by atoms with Crippen LogP contribution in [0.4, 0.5) is 5.82 Å². The number of likely N-dealkylation sites (tertiary alicyclic amines) is 2. The fourth-order valence-electron chi connectivity index (χ4n) is 7.27. The van der Waals surface area contributed by atoms with Crippen molar-refractivity contribution in [1.29, 1.82) is 0 Å². The number of benzene rings is 1. The Morgan fingerprint density at radius 3 is 2.33 bits per heavy atom. The number of piperidine rings is 1. The van der Waals surface area contributed by atoms with Crippen LogP contribution in [0.15, 0.2) is 30.6 Å². The van der Waals surface area contributed by atoms with E-state index in [2.05, 4.69) is 51.4 Å². The van der Waals surface area contributed by atoms with Crippen LogP contribution in [-0.2, 0) is 14.8 Å². The Bertz CT molecular complexity index is 1360. The summed E-state index contributed by atoms with van der Waals surface area (Å²) >= 11 is 0. The predicted molar refractivity (Wildman–Crippen MR) is 162 cm³/mol. The molecule has 0 bridgehead atoms. The van der Waals surface area contributed by atoms with Gasteiger partial charge in [-0.15, -0.1) is 0 Å². The monoisotopic (exact) mass is 596 g/mol. The van der Waals surface area contributed by atoms with Gasteiger partial charge in [-0.3, -0.25) is 9.69 Å². The number of carbonyl (C=O) groups excluding carboxylic acids is 1. The van der Waals surface area contributed by atoms with Crippen molar-refractivity contribution in [2.75, 3.05) is 57.4 Å². The van der Waals surface area contributed by atoms with Gasteiger partial charge in [0.2, 0.25) is 10.0 Å². The van der Waals surface area contributed by atoms with Crippen LogP contribution in [0.25, 0.3) is 0 Å². The number of carbonyl (C=O) groups is 1. The van der Waals surface area contributed by atoms with Crippen LogP contribution in [0.2, 0.25) is 0 Å². The summed E-state index contributed by atoms with van der Waals surface area (Å²) in [5.41, 5.74) is 3.72. The molecule has 1 aromatic heterocycles. The Morgan fingerprint density at radius 2 is 1.67 bits per heavy atom. The second-order valence-electron chi connectivity index (χ2n) is 12.7. The lowest BCUT2D eigenvalue weighted by Gasteiger charge is -2.37. The molecule has 42 heavy (non-hydrogen) atoms. The average molecular weight is 597 g/mol. The zero-order valence-corrected chi connectivity index (χ0v) is 25.9. The maximum atomic E-state index is 13.5. The van der Waals surface area contributed by atoms with Crippen molar-refractivity contribution in [3.05, 3.63) is 53.0 Å². The number of ether oxygens (including phenoxy) is 1. The van der Waals surface area contributed by atoms with Gasteiger partial charge in [-0.2, -0.15) is 0 Å². The van der Waals surface area contributed by atoms with Crippen LogP contribution in [0.1, 0.15) is 65.4 Å². The molecular weight excluding hydrogens is 552 g/mol. The highest BCUT2D eigenvalue weighted by Crippen LogP contribution is 2.35. The van der Waals surface area contributed by atoms with E-state index in [9.17, 15) is 13.2 Å². The number of nitrogens with zero attached hydrogens (tertiary/aromatic N) is 5. The van der Waals surface area contributed by atoms with Crippen LogP contribution in [0.3, 0.4) is 0 Å². The van der Waals surface area contributed by atoms with Gasteiger partial charge >= 0.3 is 0 Å². The van der Waals surface area contributed by atoms with Gasteiger partial charge in [0.25, 0.3) is 5.91 Å². The molecule has 1 N–H and O–H groups in total. The number of fused-ring (bicyclic) bond motifs is 1. The molecule has 0 spiro atoms. The smallest absolute Gasteiger partial charge is 0.272 e. The number of aryl methyl sites for hydroxylation is 1. The standard InChI is InChI=1S/C31H44N6O4S/c1-21-7-9-23(10-8-21)28-6-4-5-27(41-28)15-32-30-22(2)29(33-20-34-30)31(38)35-13-11-26(12-14-35)36-16-24-18-37(42(3,39)40)19-25(24)17-36/h7-10,20,24-28H,4-6,11-19H2,1-3H3,(H,32,33,34). The number of hydrogen-bond donors (Lipinski definition) is 1. The van der Waals surface area contributed by atoms with Crippen LogP contribution in [0.5, 0.6) is 0 Å². The number of rotatable bonds is 7. The van der Waals surface area contributed by atoms with E-state index >= 15 is 0 Å². The fraction of sp³-hybridized carbons (Fsp3) is 0.645. The molecule has 5 heterocycles. The second kappa shape index (κ2) is 12.2. The molecule has 4 aliphatic heterocycles. The third-order valence-corrected chi connectivity index (χ3v) is 11.0. The molecule has 0 saturated carbocycles. The summed E-state index contributed by atoms with van der Waals surface area (Å²) in [7, 11) is -3.11. The topological polar surface area (TPSA) is 108 Å². The van der Waals surface area contributed by atoms with Crippen molar-refractivity contribution >= 4 is 21.7 Å². The van der Waals surface area contributed by atoms with Crippen LogP contribution < -0.4 is 5.32 Å². The number of nitrogens with one attached hydrogen (secondary N) is 1. The largest absolute Gasteiger partial charge is 0.368 e. The summed E-state index contributed by atoms with van der Waals surface area (Å²) in [5.74, 6) is 1.49. The minimum Gasteiger partial charge on any atom is -0.368 e. The number of amides is 1. The van der Waals surface area contributed by atoms with Crippen molar-refractivity contribution in [3.63, 3.8) is 0 Å². The van der Waals surface area contributed by atoms with E-state index < -0.39 is 10.0 Å². The van der Waals surface area contributed by atoms with E-state index in [0.29, 0.717) is 62.1 Å². The zero-order valence-electron chi connectivity index (χ0n) is 25.0. The highest BCUT2D eigenvalue weighted by atomic mass is 32.2. The predicted octanol–water partition coefficient (Wildman–Crippen LogP) is 3.24. The summed E-state index contributed by atoms with van der Waals surface area (Å²) in [6, 6.07) is 9.04. The Balaban J connectivity index is 1.00. The molecule has 4 fully saturated rings. The van der Waals surface area contributed by atoms with Gasteiger partial charge in [-0.05, 0) is 63.4 Å².